The molecule has 1 aromatic rings. The summed E-state index contributed by atoms with van der Waals surface area (Å²) in [7, 11) is 0. The smallest absolute Gasteiger partial charge is 0.227 e. The molecule has 3 heteroatoms. The van der Waals surface area contributed by atoms with Gasteiger partial charge in [0.15, 0.2) is 0 Å². The molecule has 3 rings (SSSR count). The summed E-state index contributed by atoms with van der Waals surface area (Å²) >= 11 is 0. The fraction of sp³-hybridized carbons (Fsp3) is 0.588. The van der Waals surface area contributed by atoms with Crippen molar-refractivity contribution in [3.05, 3.63) is 34.9 Å². The normalized spacial score (nSPS) is 20.9. The highest BCUT2D eigenvalue weighted by Gasteiger charge is 2.48. The van der Waals surface area contributed by atoms with Crippen LogP contribution in [0.1, 0.15) is 55.3 Å². The van der Waals surface area contributed by atoms with E-state index in [1.54, 1.807) is 0 Å². The quantitative estimate of drug-likeness (QED) is 0.884. The predicted molar refractivity (Wildman–Crippen MR) is 80.4 cm³/mol. The Bertz CT molecular complexity index is 520. The Kier molecular flexibility index (Phi) is 3.55. The zero-order chi connectivity index (χ0) is 14.2. The first-order chi connectivity index (χ1) is 9.64. The molecule has 1 aromatic carbocycles. The monoisotopic (exact) mass is 272 g/mol. The van der Waals surface area contributed by atoms with Gasteiger partial charge in [-0.3, -0.25) is 4.79 Å². The van der Waals surface area contributed by atoms with E-state index in [2.05, 4.69) is 30.4 Å². The molecule has 1 amide bonds. The van der Waals surface area contributed by atoms with Crippen LogP contribution < -0.4 is 11.1 Å². The number of nitrogens with one attached hydrogen (secondary N) is 1. The van der Waals surface area contributed by atoms with Crippen molar-refractivity contribution in [3.63, 3.8) is 0 Å². The summed E-state index contributed by atoms with van der Waals surface area (Å²) in [6.45, 7) is 2.53. The van der Waals surface area contributed by atoms with Crippen LogP contribution >= 0.6 is 0 Å². The summed E-state index contributed by atoms with van der Waals surface area (Å²) in [6, 6.07) is 6.75. The van der Waals surface area contributed by atoms with E-state index >= 15 is 0 Å². The summed E-state index contributed by atoms with van der Waals surface area (Å²) in [5.41, 5.74) is 9.62. The number of carbonyl (C=O) groups excluding carboxylic acids is 1. The van der Waals surface area contributed by atoms with Gasteiger partial charge in [0.05, 0.1) is 11.5 Å². The van der Waals surface area contributed by atoms with Crippen LogP contribution in [0.2, 0.25) is 0 Å². The lowest BCUT2D eigenvalue weighted by molar-refractivity contribution is -0.126. The van der Waals surface area contributed by atoms with Crippen molar-refractivity contribution < 1.29 is 4.79 Å². The molecule has 0 aliphatic heterocycles. The standard InChI is InChI=1S/C17H24N2O/c1-12(19-16(20)17(11-18)8-9-17)14-7-6-13-4-2-3-5-15(13)10-14/h6-7,10,12H,2-5,8-9,11,18H2,1H3,(H,19,20). The molecule has 0 spiro atoms. The number of fused-ring (bicyclic) bond motifs is 1. The summed E-state index contributed by atoms with van der Waals surface area (Å²) < 4.78 is 0. The summed E-state index contributed by atoms with van der Waals surface area (Å²) in [5.74, 6) is 0.130. The van der Waals surface area contributed by atoms with Crippen molar-refractivity contribution in [1.29, 1.82) is 0 Å². The van der Waals surface area contributed by atoms with Gasteiger partial charge in [-0.15, -0.1) is 0 Å². The molecule has 108 valence electrons. The van der Waals surface area contributed by atoms with Crippen LogP contribution in [0.25, 0.3) is 0 Å². The first-order valence-electron chi connectivity index (χ1n) is 7.77. The second-order valence-corrected chi connectivity index (χ2v) is 6.41. The lowest BCUT2D eigenvalue weighted by Gasteiger charge is -2.22. The van der Waals surface area contributed by atoms with Gasteiger partial charge in [-0.1, -0.05) is 18.2 Å². The topological polar surface area (TPSA) is 55.1 Å². The summed E-state index contributed by atoms with van der Waals surface area (Å²) in [6.07, 6.45) is 6.84. The Balaban J connectivity index is 1.71. The molecule has 1 atom stereocenters. The van der Waals surface area contributed by atoms with Crippen LogP contribution in [0.3, 0.4) is 0 Å². The molecule has 20 heavy (non-hydrogen) atoms. The van der Waals surface area contributed by atoms with Crippen LogP contribution in [-0.4, -0.2) is 12.5 Å². The zero-order valence-electron chi connectivity index (χ0n) is 12.2. The molecule has 1 fully saturated rings. The Morgan fingerprint density at radius 3 is 2.65 bits per heavy atom. The fourth-order valence-electron chi connectivity index (χ4n) is 3.13. The second kappa shape index (κ2) is 5.21. The van der Waals surface area contributed by atoms with Crippen molar-refractivity contribution in [3.8, 4) is 0 Å². The third-order valence-electron chi connectivity index (χ3n) is 4.95. The van der Waals surface area contributed by atoms with E-state index in [-0.39, 0.29) is 17.4 Å². The highest BCUT2D eigenvalue weighted by molar-refractivity contribution is 5.85. The Morgan fingerprint density at radius 2 is 2.00 bits per heavy atom. The first kappa shape index (κ1) is 13.6. The first-order valence-corrected chi connectivity index (χ1v) is 7.77. The van der Waals surface area contributed by atoms with Gasteiger partial charge in [-0.05, 0) is 62.1 Å². The number of hydrogen-bond donors (Lipinski definition) is 2. The molecule has 2 aliphatic carbocycles. The van der Waals surface area contributed by atoms with Gasteiger partial charge in [0.25, 0.3) is 0 Å². The molecular formula is C17H24N2O. The van der Waals surface area contributed by atoms with Crippen LogP contribution in [0, 0.1) is 5.41 Å². The maximum absolute atomic E-state index is 12.2. The maximum Gasteiger partial charge on any atom is 0.227 e. The van der Waals surface area contributed by atoms with E-state index in [1.165, 1.54) is 42.4 Å². The Morgan fingerprint density at radius 1 is 1.30 bits per heavy atom. The second-order valence-electron chi connectivity index (χ2n) is 6.41. The number of benzene rings is 1. The van der Waals surface area contributed by atoms with Gasteiger partial charge in [0.1, 0.15) is 0 Å². The molecule has 1 saturated carbocycles. The van der Waals surface area contributed by atoms with Crippen LogP contribution in [0.15, 0.2) is 18.2 Å². The number of carbonyl (C=O) groups is 1. The zero-order valence-corrected chi connectivity index (χ0v) is 12.2. The maximum atomic E-state index is 12.2. The van der Waals surface area contributed by atoms with Crippen molar-refractivity contribution in [1.82, 2.24) is 5.32 Å². The van der Waals surface area contributed by atoms with Gasteiger partial charge in [-0.25, -0.2) is 0 Å². The molecule has 3 N–H and O–H groups in total. The van der Waals surface area contributed by atoms with Gasteiger partial charge in [0.2, 0.25) is 5.91 Å². The minimum atomic E-state index is -0.261. The minimum absolute atomic E-state index is 0.0683. The van der Waals surface area contributed by atoms with Crippen molar-refractivity contribution in [2.24, 2.45) is 11.1 Å². The minimum Gasteiger partial charge on any atom is -0.349 e. The van der Waals surface area contributed by atoms with Crippen LogP contribution in [0.5, 0.6) is 0 Å². The molecule has 0 aromatic heterocycles. The van der Waals surface area contributed by atoms with E-state index in [0.717, 1.165) is 12.8 Å². The van der Waals surface area contributed by atoms with Crippen LogP contribution in [0.4, 0.5) is 0 Å². The van der Waals surface area contributed by atoms with E-state index in [0.29, 0.717) is 6.54 Å². The SMILES string of the molecule is CC(NC(=O)C1(CN)CC1)c1ccc2c(c1)CCCC2. The molecule has 2 aliphatic rings. The molecule has 0 radical (unpaired) electrons. The molecule has 0 saturated heterocycles. The number of rotatable bonds is 4. The molecule has 3 nitrogen and oxygen atoms in total. The van der Waals surface area contributed by atoms with Crippen molar-refractivity contribution in [2.45, 2.75) is 51.5 Å². The Hall–Kier alpha value is -1.35. The lowest BCUT2D eigenvalue weighted by Crippen LogP contribution is -2.37. The van der Waals surface area contributed by atoms with E-state index in [1.807, 2.05) is 0 Å². The molecular weight excluding hydrogens is 248 g/mol. The van der Waals surface area contributed by atoms with Gasteiger partial charge in [-0.2, -0.15) is 0 Å². The third-order valence-corrected chi connectivity index (χ3v) is 4.95. The molecule has 0 bridgehead atoms. The van der Waals surface area contributed by atoms with E-state index < -0.39 is 0 Å². The van der Waals surface area contributed by atoms with Gasteiger partial charge in [0, 0.05) is 6.54 Å². The fourth-order valence-corrected chi connectivity index (χ4v) is 3.13. The lowest BCUT2D eigenvalue weighted by atomic mass is 9.89. The van der Waals surface area contributed by atoms with E-state index in [4.69, 9.17) is 5.73 Å². The predicted octanol–water partition coefficient (Wildman–Crippen LogP) is 2.48. The number of amides is 1. The molecule has 1 unspecified atom stereocenters. The number of aryl methyl sites for hydroxylation is 2. The third kappa shape index (κ3) is 2.47. The Labute approximate surface area is 120 Å². The number of nitrogens with two attached hydrogens (primary N) is 1. The van der Waals surface area contributed by atoms with Crippen LogP contribution in [-0.2, 0) is 17.6 Å². The number of hydrogen-bond acceptors (Lipinski definition) is 2. The largest absolute Gasteiger partial charge is 0.349 e. The van der Waals surface area contributed by atoms with Crippen molar-refractivity contribution in [2.75, 3.05) is 6.54 Å². The average molecular weight is 272 g/mol. The summed E-state index contributed by atoms with van der Waals surface area (Å²) in [4.78, 5) is 12.2. The van der Waals surface area contributed by atoms with E-state index in [9.17, 15) is 4.79 Å². The highest BCUT2D eigenvalue weighted by atomic mass is 16.2. The average Bonchev–Trinajstić information content (AvgIpc) is 3.28. The molecule has 0 heterocycles. The van der Waals surface area contributed by atoms with Gasteiger partial charge < -0.3 is 11.1 Å². The van der Waals surface area contributed by atoms with Gasteiger partial charge >= 0.3 is 0 Å². The summed E-state index contributed by atoms with van der Waals surface area (Å²) in [5, 5.41) is 3.14. The highest BCUT2D eigenvalue weighted by Crippen LogP contribution is 2.45. The van der Waals surface area contributed by atoms with Crippen molar-refractivity contribution >= 4 is 5.91 Å².